The fourth-order valence-electron chi connectivity index (χ4n) is 2.70. The molecular formula is C16H20NO6PS. The molecule has 0 spiro atoms. The summed E-state index contributed by atoms with van der Waals surface area (Å²) in [6.45, 7) is 5.05. The number of nitriles is 1. The third-order valence-electron chi connectivity index (χ3n) is 3.60. The van der Waals surface area contributed by atoms with Crippen LogP contribution in [0.25, 0.3) is 0 Å². The van der Waals surface area contributed by atoms with E-state index in [0.717, 1.165) is 6.26 Å². The zero-order valence-corrected chi connectivity index (χ0v) is 16.0. The Balaban J connectivity index is 2.69. The van der Waals surface area contributed by atoms with Crippen LogP contribution in [0.5, 0.6) is 0 Å². The van der Waals surface area contributed by atoms with Gasteiger partial charge in [0.2, 0.25) is 0 Å². The summed E-state index contributed by atoms with van der Waals surface area (Å²) < 4.78 is 35.2. The minimum Gasteiger partial charge on any atom is -0.469 e. The average Bonchev–Trinajstić information content (AvgIpc) is 3.23. The Labute approximate surface area is 150 Å². The lowest BCUT2D eigenvalue weighted by Gasteiger charge is -2.36. The molecule has 0 saturated carbocycles. The molecular weight excluding hydrogens is 365 g/mol. The minimum atomic E-state index is -4.12. The minimum absolute atomic E-state index is 0.0425. The molecule has 0 aromatic carbocycles. The predicted octanol–water partition coefficient (Wildman–Crippen LogP) is 3.79. The fourth-order valence-corrected chi connectivity index (χ4v) is 5.89. The van der Waals surface area contributed by atoms with E-state index >= 15 is 0 Å². The number of ether oxygens (including phenoxy) is 2. The number of carbonyl (C=O) groups excluding carboxylic acids is 1. The van der Waals surface area contributed by atoms with Gasteiger partial charge in [-0.2, -0.15) is 5.26 Å². The van der Waals surface area contributed by atoms with Gasteiger partial charge in [0, 0.05) is 4.88 Å². The Bertz CT molecular complexity index is 715. The number of rotatable bonds is 8. The SMILES string of the molecule is CCOC(=O)C1(P(=O)(OCC)OCC)OC=C(C#N)[C@@H]1c1cccs1. The van der Waals surface area contributed by atoms with Crippen molar-refractivity contribution in [3.05, 3.63) is 34.2 Å². The monoisotopic (exact) mass is 385 g/mol. The smallest absolute Gasteiger partial charge is 0.386 e. The molecule has 1 aliphatic heterocycles. The first-order valence-corrected chi connectivity index (χ1v) is 10.3. The topological polar surface area (TPSA) is 94.9 Å². The van der Waals surface area contributed by atoms with Crippen LogP contribution in [0.4, 0.5) is 0 Å². The van der Waals surface area contributed by atoms with Crippen molar-refractivity contribution >= 4 is 24.9 Å². The lowest BCUT2D eigenvalue weighted by molar-refractivity contribution is -0.158. The molecule has 2 atom stereocenters. The second-order valence-electron chi connectivity index (χ2n) is 5.00. The van der Waals surface area contributed by atoms with E-state index in [0.29, 0.717) is 4.88 Å². The molecule has 0 N–H and O–H groups in total. The number of thiophene rings is 1. The van der Waals surface area contributed by atoms with E-state index in [4.69, 9.17) is 18.5 Å². The van der Waals surface area contributed by atoms with Crippen molar-refractivity contribution in [2.24, 2.45) is 0 Å². The Kier molecular flexibility index (Phi) is 6.42. The predicted molar refractivity (Wildman–Crippen MR) is 92.1 cm³/mol. The van der Waals surface area contributed by atoms with E-state index in [-0.39, 0.29) is 25.4 Å². The van der Waals surface area contributed by atoms with Gasteiger partial charge in [-0.15, -0.1) is 11.3 Å². The quantitative estimate of drug-likeness (QED) is 0.496. The van der Waals surface area contributed by atoms with Crippen molar-refractivity contribution in [3.8, 4) is 6.07 Å². The van der Waals surface area contributed by atoms with Crippen LogP contribution >= 0.6 is 18.9 Å². The Morgan fingerprint density at radius 1 is 1.36 bits per heavy atom. The molecule has 25 heavy (non-hydrogen) atoms. The van der Waals surface area contributed by atoms with Crippen molar-refractivity contribution in [1.29, 1.82) is 5.26 Å². The van der Waals surface area contributed by atoms with Gasteiger partial charge in [0.1, 0.15) is 6.26 Å². The second-order valence-corrected chi connectivity index (χ2v) is 8.16. The van der Waals surface area contributed by atoms with Crippen LogP contribution in [0.3, 0.4) is 0 Å². The lowest BCUT2D eigenvalue weighted by atomic mass is 9.94. The molecule has 1 aliphatic rings. The van der Waals surface area contributed by atoms with Crippen molar-refractivity contribution in [2.75, 3.05) is 19.8 Å². The average molecular weight is 385 g/mol. The molecule has 9 heteroatoms. The third-order valence-corrected chi connectivity index (χ3v) is 7.09. The maximum atomic E-state index is 13.6. The van der Waals surface area contributed by atoms with E-state index < -0.39 is 24.8 Å². The Hall–Kier alpha value is -1.65. The normalized spacial score (nSPS) is 22.8. The third kappa shape index (κ3) is 3.25. The Morgan fingerprint density at radius 2 is 2.04 bits per heavy atom. The van der Waals surface area contributed by atoms with Gasteiger partial charge < -0.3 is 18.5 Å². The van der Waals surface area contributed by atoms with E-state index in [1.165, 1.54) is 11.3 Å². The van der Waals surface area contributed by atoms with Crippen molar-refractivity contribution in [3.63, 3.8) is 0 Å². The summed E-state index contributed by atoms with van der Waals surface area (Å²) in [5.41, 5.74) is 0.162. The molecule has 0 aliphatic carbocycles. The van der Waals surface area contributed by atoms with Gasteiger partial charge in [0.05, 0.1) is 37.4 Å². The molecule has 0 radical (unpaired) electrons. The largest absolute Gasteiger partial charge is 0.469 e. The van der Waals surface area contributed by atoms with Crippen LogP contribution in [-0.4, -0.2) is 31.1 Å². The molecule has 0 amide bonds. The molecule has 1 unspecified atom stereocenters. The van der Waals surface area contributed by atoms with Crippen LogP contribution in [0.1, 0.15) is 31.6 Å². The second kappa shape index (κ2) is 8.15. The van der Waals surface area contributed by atoms with Gasteiger partial charge in [0.25, 0.3) is 0 Å². The van der Waals surface area contributed by atoms with Crippen LogP contribution < -0.4 is 0 Å². The number of hydrogen-bond donors (Lipinski definition) is 0. The molecule has 0 saturated heterocycles. The summed E-state index contributed by atoms with van der Waals surface area (Å²) in [6, 6.07) is 5.53. The van der Waals surface area contributed by atoms with Gasteiger partial charge in [-0.05, 0) is 32.2 Å². The van der Waals surface area contributed by atoms with Crippen LogP contribution in [0.15, 0.2) is 29.3 Å². The summed E-state index contributed by atoms with van der Waals surface area (Å²) in [5, 5.41) is 9.21. The summed E-state index contributed by atoms with van der Waals surface area (Å²) >= 11 is 1.32. The van der Waals surface area contributed by atoms with Gasteiger partial charge in [-0.1, -0.05) is 6.07 Å². The summed E-state index contributed by atoms with van der Waals surface area (Å²) in [4.78, 5) is 13.6. The van der Waals surface area contributed by atoms with Crippen LogP contribution in [0.2, 0.25) is 0 Å². The summed E-state index contributed by atoms with van der Waals surface area (Å²) in [5.74, 6) is -1.80. The zero-order valence-electron chi connectivity index (χ0n) is 14.3. The van der Waals surface area contributed by atoms with E-state index in [1.54, 1.807) is 38.3 Å². The van der Waals surface area contributed by atoms with E-state index in [2.05, 4.69) is 0 Å². The standard InChI is InChI=1S/C16H20NO6PS/c1-4-20-15(18)16(24(19,22-5-2)23-6-3)14(12(10-17)11-21-16)13-8-7-9-25-13/h7-9,11,14H,4-6H2,1-3H3/t14-,16?/m1/s1. The first-order valence-electron chi connectivity index (χ1n) is 7.88. The van der Waals surface area contributed by atoms with Crippen LogP contribution in [-0.2, 0) is 27.9 Å². The highest BCUT2D eigenvalue weighted by Gasteiger charge is 2.69. The molecule has 1 aromatic heterocycles. The van der Waals surface area contributed by atoms with E-state index in [9.17, 15) is 14.6 Å². The summed E-state index contributed by atoms with van der Waals surface area (Å²) in [7, 11) is -4.12. The van der Waals surface area contributed by atoms with Gasteiger partial charge in [-0.25, -0.2) is 4.79 Å². The van der Waals surface area contributed by atoms with Crippen molar-refractivity contribution < 1.29 is 27.9 Å². The van der Waals surface area contributed by atoms with Crippen LogP contribution in [0, 0.1) is 11.3 Å². The first kappa shape index (κ1) is 19.7. The maximum Gasteiger partial charge on any atom is 0.386 e. The number of hydrogen-bond acceptors (Lipinski definition) is 8. The highest BCUT2D eigenvalue weighted by molar-refractivity contribution is 7.56. The first-order chi connectivity index (χ1) is 12.0. The maximum absolute atomic E-state index is 13.6. The van der Waals surface area contributed by atoms with Crippen molar-refractivity contribution in [1.82, 2.24) is 0 Å². The molecule has 136 valence electrons. The zero-order chi connectivity index (χ0) is 18.5. The summed E-state index contributed by atoms with van der Waals surface area (Å²) in [6.07, 6.45) is 1.14. The lowest BCUT2D eigenvalue weighted by Crippen LogP contribution is -2.46. The Morgan fingerprint density at radius 3 is 2.52 bits per heavy atom. The molecule has 0 bridgehead atoms. The van der Waals surface area contributed by atoms with Gasteiger partial charge >= 0.3 is 18.9 Å². The molecule has 0 fully saturated rings. The molecule has 1 aromatic rings. The van der Waals surface area contributed by atoms with Gasteiger partial charge in [0.15, 0.2) is 0 Å². The molecule has 2 rings (SSSR count). The highest BCUT2D eigenvalue weighted by atomic mass is 32.1. The fraction of sp³-hybridized carbons (Fsp3) is 0.500. The number of carbonyl (C=O) groups is 1. The van der Waals surface area contributed by atoms with Crippen molar-refractivity contribution in [2.45, 2.75) is 32.0 Å². The van der Waals surface area contributed by atoms with E-state index in [1.807, 2.05) is 6.07 Å². The molecule has 7 nitrogen and oxygen atoms in total. The molecule has 2 heterocycles. The highest BCUT2D eigenvalue weighted by Crippen LogP contribution is 2.69. The van der Waals surface area contributed by atoms with Gasteiger partial charge in [-0.3, -0.25) is 4.57 Å². The number of nitrogens with zero attached hydrogens (tertiary/aromatic N) is 1. The number of esters is 1.